The van der Waals surface area contributed by atoms with Gasteiger partial charge in [-0.25, -0.2) is 9.97 Å². The first-order valence-corrected chi connectivity index (χ1v) is 13.6. The summed E-state index contributed by atoms with van der Waals surface area (Å²) < 4.78 is 3.19. The molecular formula is C34H21N5O4+2. The highest BCUT2D eigenvalue weighted by molar-refractivity contribution is 6.31. The molecule has 9 nitrogen and oxygen atoms in total. The van der Waals surface area contributed by atoms with E-state index in [1.165, 1.54) is 0 Å². The SMILES string of the molecule is O=C1c2ccccc2C(=O)c2c(O)c3c(c(O)c21)[N+](Cc1ccc2ccccc2n1)=C=[N+]3Cc1cnc2ccccc2n1. The number of aromatic hydroxyl groups is 2. The lowest BCUT2D eigenvalue weighted by atomic mass is 9.82. The lowest BCUT2D eigenvalue weighted by Crippen LogP contribution is -2.22. The van der Waals surface area contributed by atoms with Crippen molar-refractivity contribution in [1.82, 2.24) is 15.0 Å². The van der Waals surface area contributed by atoms with E-state index < -0.39 is 23.1 Å². The zero-order chi connectivity index (χ0) is 29.2. The van der Waals surface area contributed by atoms with Gasteiger partial charge in [-0.3, -0.25) is 14.6 Å². The van der Waals surface area contributed by atoms with Gasteiger partial charge in [0.1, 0.15) is 11.4 Å². The quantitative estimate of drug-likeness (QED) is 0.222. The summed E-state index contributed by atoms with van der Waals surface area (Å²) >= 11 is 0. The van der Waals surface area contributed by atoms with Crippen LogP contribution in [0.5, 0.6) is 11.5 Å². The number of carbonyl (C=O) groups is 2. The molecule has 0 radical (unpaired) electrons. The molecule has 8 rings (SSSR count). The third-order valence-corrected chi connectivity index (χ3v) is 7.84. The second-order valence-electron chi connectivity index (χ2n) is 10.5. The molecule has 3 heterocycles. The fraction of sp³-hybridized carbons (Fsp3) is 0.0588. The van der Waals surface area contributed by atoms with Crippen molar-refractivity contribution in [3.63, 3.8) is 0 Å². The Morgan fingerprint density at radius 2 is 1.14 bits per heavy atom. The number of nitrogens with zero attached hydrogens (tertiary/aromatic N) is 5. The van der Waals surface area contributed by atoms with Crippen LogP contribution in [0.4, 0.5) is 11.4 Å². The zero-order valence-electron chi connectivity index (χ0n) is 22.5. The Bertz CT molecular complexity index is 2150. The standard InChI is InChI=1S/C34H19N5O4/c40-31-22-8-2-3-9-23(22)32(41)28-27(31)33(42)29-30(34(28)43)39(17-21-15-35-25-11-5-6-12-26(25)37-21)18-38(29)16-20-14-13-19-7-1-4-10-24(19)36-20/h1-15H,16-17H2/p+2. The van der Waals surface area contributed by atoms with Gasteiger partial charge in [0.05, 0.1) is 33.9 Å². The second-order valence-corrected chi connectivity index (χ2v) is 10.5. The minimum absolute atomic E-state index is 0.122. The number of ketones is 2. The predicted octanol–water partition coefficient (Wildman–Crippen LogP) is 5.24. The maximum absolute atomic E-state index is 13.6. The van der Waals surface area contributed by atoms with Gasteiger partial charge in [-0.15, -0.1) is 0 Å². The molecule has 0 fully saturated rings. The molecule has 0 unspecified atom stereocenters. The first-order chi connectivity index (χ1) is 21.0. The third-order valence-electron chi connectivity index (χ3n) is 7.84. The van der Waals surface area contributed by atoms with Crippen LogP contribution in [0.25, 0.3) is 21.9 Å². The molecule has 0 saturated heterocycles. The van der Waals surface area contributed by atoms with Gasteiger partial charge < -0.3 is 10.2 Å². The van der Waals surface area contributed by atoms with E-state index in [9.17, 15) is 19.8 Å². The molecular weight excluding hydrogens is 542 g/mol. The van der Waals surface area contributed by atoms with Gasteiger partial charge in [0.25, 0.3) is 0 Å². The molecule has 9 heteroatoms. The van der Waals surface area contributed by atoms with E-state index in [0.29, 0.717) is 16.9 Å². The van der Waals surface area contributed by atoms with E-state index in [1.807, 2.05) is 60.7 Å². The summed E-state index contributed by atoms with van der Waals surface area (Å²) in [7, 11) is 0. The number of para-hydroxylation sites is 3. The van der Waals surface area contributed by atoms with E-state index in [4.69, 9.17) is 9.97 Å². The predicted molar refractivity (Wildman–Crippen MR) is 157 cm³/mol. The van der Waals surface area contributed by atoms with Crippen LogP contribution in [-0.4, -0.2) is 51.9 Å². The maximum atomic E-state index is 13.6. The minimum atomic E-state index is -0.541. The summed E-state index contributed by atoms with van der Waals surface area (Å²) in [4.78, 5) is 41.2. The van der Waals surface area contributed by atoms with E-state index in [-0.39, 0.29) is 46.7 Å². The molecule has 43 heavy (non-hydrogen) atoms. The average Bonchev–Trinajstić information content (AvgIpc) is 3.39. The van der Waals surface area contributed by atoms with Gasteiger partial charge in [0.2, 0.25) is 24.6 Å². The molecule has 2 aromatic heterocycles. The normalized spacial score (nSPS) is 13.5. The van der Waals surface area contributed by atoms with Crippen LogP contribution in [0.3, 0.4) is 0 Å². The van der Waals surface area contributed by atoms with Crippen molar-refractivity contribution in [3.8, 4) is 11.5 Å². The van der Waals surface area contributed by atoms with E-state index in [0.717, 1.165) is 16.4 Å². The summed E-state index contributed by atoms with van der Waals surface area (Å²) in [6.07, 6.45) is 1.64. The number of pyridine rings is 1. The van der Waals surface area contributed by atoms with Crippen molar-refractivity contribution < 1.29 is 29.0 Å². The van der Waals surface area contributed by atoms with Gasteiger partial charge in [-0.1, -0.05) is 69.8 Å². The Hall–Kier alpha value is -6.05. The zero-order valence-corrected chi connectivity index (χ0v) is 22.5. The lowest BCUT2D eigenvalue weighted by Gasteiger charge is -2.19. The number of hydrogen-bond donors (Lipinski definition) is 2. The molecule has 204 valence electrons. The molecule has 4 aromatic carbocycles. The fourth-order valence-electron chi connectivity index (χ4n) is 5.87. The first-order valence-electron chi connectivity index (χ1n) is 13.6. The number of phenols is 2. The number of hydrogen-bond acceptors (Lipinski definition) is 7. The Kier molecular flexibility index (Phi) is 5.31. The van der Waals surface area contributed by atoms with E-state index in [2.05, 4.69) is 11.0 Å². The molecule has 1 aliphatic carbocycles. The number of benzene rings is 4. The molecule has 2 N–H and O–H groups in total. The number of carbonyl (C=O) groups excluding carboxylic acids is 2. The summed E-state index contributed by atoms with van der Waals surface area (Å²) in [6, 6.07) is 28.7. The fourth-order valence-corrected chi connectivity index (χ4v) is 5.87. The van der Waals surface area contributed by atoms with Crippen molar-refractivity contribution >= 4 is 50.9 Å². The van der Waals surface area contributed by atoms with Gasteiger partial charge in [0, 0.05) is 16.5 Å². The summed E-state index contributed by atoms with van der Waals surface area (Å²) in [6.45, 7) is 0.291. The van der Waals surface area contributed by atoms with Gasteiger partial charge in [-0.2, -0.15) is 0 Å². The molecule has 0 spiro atoms. The maximum Gasteiger partial charge on any atom is 0.490 e. The Morgan fingerprint density at radius 1 is 0.605 bits per heavy atom. The monoisotopic (exact) mass is 563 g/mol. The van der Waals surface area contributed by atoms with Crippen LogP contribution in [0.1, 0.15) is 43.2 Å². The van der Waals surface area contributed by atoms with Crippen molar-refractivity contribution in [2.45, 2.75) is 13.1 Å². The lowest BCUT2D eigenvalue weighted by molar-refractivity contribution is -0.486. The summed E-state index contributed by atoms with van der Waals surface area (Å²) in [5.74, 6) is -1.90. The second kappa shape index (κ2) is 9.24. The average molecular weight is 564 g/mol. The van der Waals surface area contributed by atoms with Gasteiger partial charge in [-0.05, 0) is 24.3 Å². The molecule has 6 aromatic rings. The van der Waals surface area contributed by atoms with Crippen molar-refractivity contribution in [1.29, 1.82) is 0 Å². The Morgan fingerprint density at radius 3 is 1.81 bits per heavy atom. The van der Waals surface area contributed by atoms with Crippen molar-refractivity contribution in [3.05, 3.63) is 125 Å². The third kappa shape index (κ3) is 3.76. The van der Waals surface area contributed by atoms with Crippen LogP contribution in [0, 0.1) is 0 Å². The molecule has 0 bridgehead atoms. The van der Waals surface area contributed by atoms with Crippen molar-refractivity contribution in [2.75, 3.05) is 0 Å². The molecule has 2 aliphatic rings. The van der Waals surface area contributed by atoms with Crippen molar-refractivity contribution in [2.24, 2.45) is 0 Å². The van der Waals surface area contributed by atoms with Crippen LogP contribution in [0.2, 0.25) is 0 Å². The number of fused-ring (bicyclic) bond motifs is 5. The summed E-state index contributed by atoms with van der Waals surface area (Å²) in [5.41, 5.74) is 3.67. The summed E-state index contributed by atoms with van der Waals surface area (Å²) in [5, 5.41) is 24.4. The van der Waals surface area contributed by atoms with Crippen LogP contribution < -0.4 is 0 Å². The minimum Gasteiger partial charge on any atom is -0.502 e. The Labute approximate surface area is 244 Å². The molecule has 1 aliphatic heterocycles. The number of rotatable bonds is 4. The molecule has 0 amide bonds. The van der Waals surface area contributed by atoms with E-state index >= 15 is 0 Å². The number of phenolic OH excluding ortho intramolecular Hbond substituents is 2. The first kappa shape index (κ1) is 24.7. The van der Waals surface area contributed by atoms with E-state index in [1.54, 1.807) is 39.6 Å². The smallest absolute Gasteiger partial charge is 0.490 e. The van der Waals surface area contributed by atoms with Gasteiger partial charge in [0.15, 0.2) is 11.6 Å². The largest absolute Gasteiger partial charge is 0.502 e. The topological polar surface area (TPSA) is 119 Å². The molecule has 0 atom stereocenters. The van der Waals surface area contributed by atoms with Crippen LogP contribution >= 0.6 is 0 Å². The number of aromatic nitrogens is 3. The van der Waals surface area contributed by atoms with Crippen LogP contribution in [-0.2, 0) is 13.1 Å². The van der Waals surface area contributed by atoms with Gasteiger partial charge >= 0.3 is 17.4 Å². The Balaban J connectivity index is 1.32. The van der Waals surface area contributed by atoms with Crippen LogP contribution in [0.15, 0.2) is 91.1 Å². The molecule has 0 saturated carbocycles. The highest BCUT2D eigenvalue weighted by Crippen LogP contribution is 2.52. The highest BCUT2D eigenvalue weighted by atomic mass is 16.3. The highest BCUT2D eigenvalue weighted by Gasteiger charge is 2.48.